The Morgan fingerprint density at radius 3 is 3.05 bits per heavy atom. The first-order valence-corrected chi connectivity index (χ1v) is 6.85. The molecule has 0 spiro atoms. The van der Waals surface area contributed by atoms with Gasteiger partial charge in [0.05, 0.1) is 6.54 Å². The van der Waals surface area contributed by atoms with Crippen molar-refractivity contribution in [3.8, 4) is 5.75 Å². The third-order valence-electron chi connectivity index (χ3n) is 3.49. The van der Waals surface area contributed by atoms with Gasteiger partial charge in [-0.25, -0.2) is 4.98 Å². The summed E-state index contributed by atoms with van der Waals surface area (Å²) in [4.78, 5) is 10.7. The summed E-state index contributed by atoms with van der Waals surface area (Å²) in [7, 11) is 0. The Hall–Kier alpha value is -2.30. The SMILES string of the molecule is CCc1cnc(N)nc1N1CCOc2ccccc2C1. The third kappa shape index (κ3) is 2.39. The Morgan fingerprint density at radius 2 is 2.20 bits per heavy atom. The molecule has 1 aromatic heterocycles. The van der Waals surface area contributed by atoms with E-state index in [4.69, 9.17) is 10.5 Å². The quantitative estimate of drug-likeness (QED) is 0.904. The molecule has 2 heterocycles. The lowest BCUT2D eigenvalue weighted by atomic mass is 10.1. The molecule has 0 unspecified atom stereocenters. The first-order chi connectivity index (χ1) is 9.78. The van der Waals surface area contributed by atoms with E-state index < -0.39 is 0 Å². The normalized spacial score (nSPS) is 14.3. The van der Waals surface area contributed by atoms with Gasteiger partial charge in [-0.1, -0.05) is 25.1 Å². The standard InChI is InChI=1S/C15H18N4O/c1-2-11-9-17-15(16)18-14(11)19-7-8-20-13-6-4-3-5-12(13)10-19/h3-6,9H,2,7-8,10H2,1H3,(H2,16,17,18). The average Bonchev–Trinajstić information content (AvgIpc) is 2.69. The molecule has 3 rings (SSSR count). The maximum absolute atomic E-state index is 5.79. The molecule has 0 amide bonds. The van der Waals surface area contributed by atoms with Crippen LogP contribution in [0.25, 0.3) is 0 Å². The van der Waals surface area contributed by atoms with Crippen LogP contribution in [0.5, 0.6) is 5.75 Å². The summed E-state index contributed by atoms with van der Waals surface area (Å²) in [5, 5.41) is 0. The van der Waals surface area contributed by atoms with E-state index in [1.807, 2.05) is 24.4 Å². The average molecular weight is 270 g/mol. The van der Waals surface area contributed by atoms with Crippen molar-refractivity contribution in [1.82, 2.24) is 9.97 Å². The van der Waals surface area contributed by atoms with E-state index in [0.29, 0.717) is 12.6 Å². The maximum atomic E-state index is 5.79. The number of nitrogens with two attached hydrogens (primary N) is 1. The number of rotatable bonds is 2. The number of anilines is 2. The number of nitrogen functional groups attached to an aromatic ring is 1. The van der Waals surface area contributed by atoms with E-state index in [1.54, 1.807) is 0 Å². The van der Waals surface area contributed by atoms with Gasteiger partial charge in [0.2, 0.25) is 5.95 Å². The van der Waals surface area contributed by atoms with E-state index in [9.17, 15) is 0 Å². The number of hydrogen-bond acceptors (Lipinski definition) is 5. The number of aryl methyl sites for hydroxylation is 1. The number of para-hydroxylation sites is 1. The van der Waals surface area contributed by atoms with Crippen LogP contribution in [-0.4, -0.2) is 23.1 Å². The highest BCUT2D eigenvalue weighted by Crippen LogP contribution is 2.27. The highest BCUT2D eigenvalue weighted by molar-refractivity contribution is 5.51. The van der Waals surface area contributed by atoms with Crippen LogP contribution in [0.3, 0.4) is 0 Å². The van der Waals surface area contributed by atoms with E-state index in [2.05, 4.69) is 27.9 Å². The van der Waals surface area contributed by atoms with Crippen molar-refractivity contribution in [2.75, 3.05) is 23.8 Å². The van der Waals surface area contributed by atoms with Crippen LogP contribution in [0.2, 0.25) is 0 Å². The summed E-state index contributed by atoms with van der Waals surface area (Å²) in [6.07, 6.45) is 2.70. The number of fused-ring (bicyclic) bond motifs is 1. The van der Waals surface area contributed by atoms with Crippen molar-refractivity contribution in [2.24, 2.45) is 0 Å². The zero-order valence-corrected chi connectivity index (χ0v) is 11.5. The van der Waals surface area contributed by atoms with Crippen molar-refractivity contribution < 1.29 is 4.74 Å². The molecule has 104 valence electrons. The number of hydrogen-bond donors (Lipinski definition) is 1. The summed E-state index contributed by atoms with van der Waals surface area (Å²) in [5.41, 5.74) is 8.02. The summed E-state index contributed by atoms with van der Waals surface area (Å²) < 4.78 is 5.79. The molecule has 0 saturated heterocycles. The lowest BCUT2D eigenvalue weighted by Crippen LogP contribution is -2.27. The fraction of sp³-hybridized carbons (Fsp3) is 0.333. The largest absolute Gasteiger partial charge is 0.491 e. The molecule has 0 fully saturated rings. The van der Waals surface area contributed by atoms with Gasteiger partial charge in [-0.05, 0) is 12.5 Å². The summed E-state index contributed by atoms with van der Waals surface area (Å²) >= 11 is 0. The van der Waals surface area contributed by atoms with Crippen molar-refractivity contribution in [3.63, 3.8) is 0 Å². The highest BCUT2D eigenvalue weighted by atomic mass is 16.5. The molecule has 5 heteroatoms. The lowest BCUT2D eigenvalue weighted by molar-refractivity contribution is 0.331. The second kappa shape index (κ2) is 5.36. The maximum Gasteiger partial charge on any atom is 0.221 e. The Kier molecular flexibility index (Phi) is 3.41. The minimum atomic E-state index is 0.315. The second-order valence-corrected chi connectivity index (χ2v) is 4.81. The van der Waals surface area contributed by atoms with E-state index in [1.165, 1.54) is 5.56 Å². The van der Waals surface area contributed by atoms with Gasteiger partial charge in [-0.2, -0.15) is 4.98 Å². The first kappa shape index (κ1) is 12.7. The molecule has 0 atom stereocenters. The monoisotopic (exact) mass is 270 g/mol. The zero-order valence-electron chi connectivity index (χ0n) is 11.5. The van der Waals surface area contributed by atoms with Gasteiger partial charge in [-0.15, -0.1) is 0 Å². The molecule has 2 N–H and O–H groups in total. The third-order valence-corrected chi connectivity index (χ3v) is 3.49. The molecule has 0 radical (unpaired) electrons. The van der Waals surface area contributed by atoms with Crippen LogP contribution in [0.15, 0.2) is 30.5 Å². The summed E-state index contributed by atoms with van der Waals surface area (Å²) in [5.74, 6) is 2.19. The Labute approximate surface area is 118 Å². The van der Waals surface area contributed by atoms with Crippen LogP contribution < -0.4 is 15.4 Å². The van der Waals surface area contributed by atoms with Crippen molar-refractivity contribution in [3.05, 3.63) is 41.6 Å². The summed E-state index contributed by atoms with van der Waals surface area (Å²) in [6.45, 7) is 4.31. The van der Waals surface area contributed by atoms with Gasteiger partial charge in [0, 0.05) is 23.9 Å². The van der Waals surface area contributed by atoms with Crippen LogP contribution >= 0.6 is 0 Å². The molecule has 0 bridgehead atoms. The predicted octanol–water partition coefficient (Wildman–Crippen LogP) is 2.02. The number of benzene rings is 1. The van der Waals surface area contributed by atoms with Gasteiger partial charge in [-0.3, -0.25) is 0 Å². The molecule has 5 nitrogen and oxygen atoms in total. The van der Waals surface area contributed by atoms with E-state index in [0.717, 1.165) is 36.6 Å². The van der Waals surface area contributed by atoms with Crippen LogP contribution in [-0.2, 0) is 13.0 Å². The molecular formula is C15H18N4O. The van der Waals surface area contributed by atoms with Crippen molar-refractivity contribution in [1.29, 1.82) is 0 Å². The zero-order chi connectivity index (χ0) is 13.9. The molecule has 1 aromatic carbocycles. The first-order valence-electron chi connectivity index (χ1n) is 6.85. The fourth-order valence-electron chi connectivity index (χ4n) is 2.44. The van der Waals surface area contributed by atoms with Crippen LogP contribution in [0.4, 0.5) is 11.8 Å². The second-order valence-electron chi connectivity index (χ2n) is 4.81. The van der Waals surface area contributed by atoms with Crippen LogP contribution in [0, 0.1) is 0 Å². The molecule has 0 saturated carbocycles. The molecule has 1 aliphatic rings. The molecular weight excluding hydrogens is 252 g/mol. The number of aromatic nitrogens is 2. The van der Waals surface area contributed by atoms with Crippen molar-refractivity contribution in [2.45, 2.75) is 19.9 Å². The van der Waals surface area contributed by atoms with Gasteiger partial charge < -0.3 is 15.4 Å². The Balaban J connectivity index is 1.97. The lowest BCUT2D eigenvalue weighted by Gasteiger charge is -2.23. The van der Waals surface area contributed by atoms with Crippen molar-refractivity contribution >= 4 is 11.8 Å². The minimum absolute atomic E-state index is 0.315. The Bertz CT molecular complexity index is 615. The van der Waals surface area contributed by atoms with E-state index in [-0.39, 0.29) is 0 Å². The Morgan fingerprint density at radius 1 is 1.35 bits per heavy atom. The topological polar surface area (TPSA) is 64.3 Å². The van der Waals surface area contributed by atoms with Crippen LogP contribution in [0.1, 0.15) is 18.1 Å². The van der Waals surface area contributed by atoms with Gasteiger partial charge in [0.25, 0.3) is 0 Å². The summed E-state index contributed by atoms with van der Waals surface area (Å²) in [6, 6.07) is 8.12. The number of ether oxygens (including phenoxy) is 1. The molecule has 1 aliphatic heterocycles. The predicted molar refractivity (Wildman–Crippen MR) is 78.8 cm³/mol. The van der Waals surface area contributed by atoms with Gasteiger partial charge in [0.1, 0.15) is 18.2 Å². The fourth-order valence-corrected chi connectivity index (χ4v) is 2.44. The molecule has 2 aromatic rings. The van der Waals surface area contributed by atoms with E-state index >= 15 is 0 Å². The minimum Gasteiger partial charge on any atom is -0.491 e. The number of nitrogens with zero attached hydrogens (tertiary/aromatic N) is 3. The molecule has 20 heavy (non-hydrogen) atoms. The smallest absolute Gasteiger partial charge is 0.221 e. The highest BCUT2D eigenvalue weighted by Gasteiger charge is 2.18. The molecule has 0 aliphatic carbocycles. The van der Waals surface area contributed by atoms with Gasteiger partial charge in [0.15, 0.2) is 0 Å². The van der Waals surface area contributed by atoms with Gasteiger partial charge >= 0.3 is 0 Å².